The number of aromatic carboxylic acids is 1. The molecule has 4 aliphatic carbocycles. The Balaban J connectivity index is 0.671. The number of amides is 6. The van der Waals surface area contributed by atoms with E-state index in [1.54, 1.807) is 25.4 Å². The number of rotatable bonds is 24. The van der Waals surface area contributed by atoms with Crippen LogP contribution in [-0.4, -0.2) is 179 Å². The fourth-order valence-corrected chi connectivity index (χ4v) is 16.8. The first kappa shape index (κ1) is 66.8. The largest absolute Gasteiger partial charge is 0.479 e. The molecule has 506 valence electrons. The van der Waals surface area contributed by atoms with Crippen LogP contribution in [0.3, 0.4) is 0 Å². The highest BCUT2D eigenvalue weighted by Gasteiger charge is 2.66. The molecular formula is C68H76N10O17S. The third-order valence-corrected chi connectivity index (χ3v) is 20.2. The van der Waals surface area contributed by atoms with Gasteiger partial charge in [-0.1, -0.05) is 55.5 Å². The molecule has 3 aliphatic heterocycles. The zero-order valence-corrected chi connectivity index (χ0v) is 54.3. The number of aliphatic carboxylic acids is 1. The monoisotopic (exact) mass is 1340 g/mol. The van der Waals surface area contributed by atoms with E-state index in [1.807, 2.05) is 59.0 Å². The second-order valence-corrected chi connectivity index (χ2v) is 28.0. The molecule has 4 saturated carbocycles. The summed E-state index contributed by atoms with van der Waals surface area (Å²) in [6.07, 6.45) is -0.510. The number of pyridine rings is 1. The zero-order valence-electron chi connectivity index (χ0n) is 53.4. The number of carboxylic acids is 2. The average Bonchev–Trinajstić information content (AvgIpc) is 0.710. The van der Waals surface area contributed by atoms with Crippen molar-refractivity contribution in [3.63, 3.8) is 0 Å². The number of thiazole rings is 1. The number of nitrogens with one attached hydrogen (secondary N) is 3. The minimum Gasteiger partial charge on any atom is -0.479 e. The van der Waals surface area contributed by atoms with Crippen molar-refractivity contribution >= 4 is 85.8 Å². The van der Waals surface area contributed by atoms with Gasteiger partial charge in [0.15, 0.2) is 16.9 Å². The summed E-state index contributed by atoms with van der Waals surface area (Å²) in [5.41, 5.74) is 4.50. The maximum Gasteiger partial charge on any atom is 0.409 e. The van der Waals surface area contributed by atoms with Crippen molar-refractivity contribution in [2.24, 2.45) is 16.2 Å². The van der Waals surface area contributed by atoms with Gasteiger partial charge in [0, 0.05) is 93.7 Å². The highest BCUT2D eigenvalue weighted by molar-refractivity contribution is 7.22. The number of hydrogen-bond donors (Lipinski definition) is 8. The first-order chi connectivity index (χ1) is 45.8. The van der Waals surface area contributed by atoms with Crippen molar-refractivity contribution in [1.82, 2.24) is 34.9 Å². The lowest BCUT2D eigenvalue weighted by molar-refractivity contribution is -0.271. The van der Waals surface area contributed by atoms with Gasteiger partial charge in [0.25, 0.3) is 17.7 Å². The smallest absolute Gasteiger partial charge is 0.409 e. The van der Waals surface area contributed by atoms with Crippen LogP contribution in [0, 0.1) is 23.2 Å². The van der Waals surface area contributed by atoms with E-state index in [-0.39, 0.29) is 91.4 Å². The van der Waals surface area contributed by atoms with Gasteiger partial charge in [-0.05, 0) is 134 Å². The summed E-state index contributed by atoms with van der Waals surface area (Å²) in [4.78, 5) is 116. The molecule has 28 heteroatoms. The van der Waals surface area contributed by atoms with E-state index in [0.29, 0.717) is 59.3 Å². The second-order valence-electron chi connectivity index (χ2n) is 27.0. The lowest BCUT2D eigenvalue weighted by Crippen LogP contribution is -2.64. The van der Waals surface area contributed by atoms with E-state index in [4.69, 9.17) is 29.0 Å². The molecule has 2 unspecified atom stereocenters. The maximum atomic E-state index is 13.8. The summed E-state index contributed by atoms with van der Waals surface area (Å²) < 4.78 is 26.8. The molecule has 96 heavy (non-hydrogen) atoms. The Bertz CT molecular complexity index is 4050. The third-order valence-electron chi connectivity index (χ3n) is 19.2. The van der Waals surface area contributed by atoms with Gasteiger partial charge in [0.2, 0.25) is 18.1 Å². The molecule has 1 saturated heterocycles. The number of para-hydroxylation sites is 1. The predicted molar refractivity (Wildman–Crippen MR) is 347 cm³/mol. The van der Waals surface area contributed by atoms with Crippen molar-refractivity contribution in [3.05, 3.63) is 125 Å². The van der Waals surface area contributed by atoms with Crippen LogP contribution in [0.2, 0.25) is 0 Å². The SMILES string of the molecule is Cc1c(-c2ccc(N3CCc4cccc(C(=O)Nc5nc6ccccc6s5)c4C3)nc2C(=O)O)cnn1CC12CC3(C)CC(C)(C1)CC(OCCN(C)C(=O)OCc1ccc(O[C@@H]4O[C@H](C(=O)O)[C@@H](O)[C@H](O)[C@H]4O)c(NC(=O)CCNC(=O)CCCN4C(=O)C=CC4=O)c1)(C3)C2. The minimum atomic E-state index is -1.99. The molecule has 3 aromatic carbocycles. The molecule has 6 heterocycles. The van der Waals surface area contributed by atoms with Gasteiger partial charge in [-0.25, -0.2) is 24.4 Å². The standard InChI is InChI=1S/C68H76N10O17S/c1-38-43(41-15-17-49(73-54(41)60(87)88)76-24-21-40-9-7-10-42(44(40)29-76)59(86)74-63-72-45-11-5-6-12-48(45)96-63)28-70-78(38)37-67-32-65(2)31-66(3,33-67)35-68(34-65,36-67)93-26-25-75(4)64(91)92-30-39-14-16-47(94-62-57(85)55(83)56(84)58(95-62)61(89)90)46(27-39)71-51(80)20-22-69-50(79)13-8-23-77-52(81)18-19-53(77)82/h5-7,9-12,14-19,27-28,55-58,62,83-85H,8,13,20-26,29-37H2,1-4H3,(H,69,79)(H,71,80)(H,87,88)(H,89,90)(H,72,74,86)/t55-,56-,57+,58-,62+,65?,66?,67?,68?/m0/s1. The van der Waals surface area contributed by atoms with E-state index in [1.165, 1.54) is 34.4 Å². The predicted octanol–water partition coefficient (Wildman–Crippen LogP) is 6.20. The summed E-state index contributed by atoms with van der Waals surface area (Å²) in [6, 6.07) is 21.2. The number of fused-ring (bicyclic) bond motifs is 2. The Morgan fingerprint density at radius 3 is 2.32 bits per heavy atom. The zero-order chi connectivity index (χ0) is 68.0. The molecule has 6 aromatic rings. The fourth-order valence-electron chi connectivity index (χ4n) is 16.0. The summed E-state index contributed by atoms with van der Waals surface area (Å²) in [6.45, 7) is 8.11. The summed E-state index contributed by atoms with van der Waals surface area (Å²) in [7, 11) is 1.59. The number of anilines is 3. The lowest BCUT2D eigenvalue weighted by Gasteiger charge is -2.69. The van der Waals surface area contributed by atoms with Crippen LogP contribution in [0.15, 0.2) is 91.1 Å². The highest BCUT2D eigenvalue weighted by atomic mass is 32.1. The topological polar surface area (TPSA) is 364 Å². The number of carbonyl (C=O) groups excluding carboxylic acids is 6. The summed E-state index contributed by atoms with van der Waals surface area (Å²) in [5.74, 6) is -4.78. The van der Waals surface area contributed by atoms with E-state index < -0.39 is 78.0 Å². The molecule has 0 radical (unpaired) electrons. The Morgan fingerprint density at radius 2 is 1.58 bits per heavy atom. The first-order valence-corrected chi connectivity index (χ1v) is 32.7. The first-order valence-electron chi connectivity index (χ1n) is 31.9. The molecule has 3 aromatic heterocycles. The van der Waals surface area contributed by atoms with Crippen molar-refractivity contribution in [2.45, 2.75) is 141 Å². The minimum absolute atomic E-state index is 0.0332. The van der Waals surface area contributed by atoms with Crippen molar-refractivity contribution in [3.8, 4) is 16.9 Å². The number of benzene rings is 3. The molecule has 0 spiro atoms. The molecule has 13 rings (SSSR count). The van der Waals surface area contributed by atoms with E-state index >= 15 is 0 Å². The number of aromatic nitrogens is 4. The lowest BCUT2D eigenvalue weighted by atomic mass is 9.39. The van der Waals surface area contributed by atoms with Crippen LogP contribution in [0.1, 0.15) is 115 Å². The number of hydrogen-bond acceptors (Lipinski definition) is 20. The Labute approximate surface area is 555 Å². The highest BCUT2D eigenvalue weighted by Crippen LogP contribution is 2.72. The van der Waals surface area contributed by atoms with Crippen molar-refractivity contribution in [2.75, 3.05) is 55.4 Å². The Kier molecular flexibility index (Phi) is 18.6. The number of imide groups is 1. The molecule has 7 aliphatic rings. The van der Waals surface area contributed by atoms with Crippen LogP contribution in [0.5, 0.6) is 5.75 Å². The van der Waals surface area contributed by atoms with Crippen LogP contribution in [0.25, 0.3) is 21.3 Å². The maximum absolute atomic E-state index is 13.8. The number of ether oxygens (including phenoxy) is 4. The Morgan fingerprint density at radius 1 is 0.823 bits per heavy atom. The van der Waals surface area contributed by atoms with Gasteiger partial charge in [0.05, 0.1) is 34.3 Å². The number of likely N-dealkylation sites (N-methyl/N-ethyl adjacent to an activating group) is 1. The molecule has 4 bridgehead atoms. The number of nitrogens with zero attached hydrogens (tertiary/aromatic N) is 7. The third kappa shape index (κ3) is 14.1. The molecular weight excluding hydrogens is 1260 g/mol. The van der Waals surface area contributed by atoms with Gasteiger partial charge in [-0.2, -0.15) is 5.10 Å². The second kappa shape index (κ2) is 26.8. The molecule has 7 atom stereocenters. The number of aliphatic hydroxyl groups is 3. The Hall–Kier alpha value is -9.19. The average molecular weight is 1340 g/mol. The van der Waals surface area contributed by atoms with Crippen molar-refractivity contribution in [1.29, 1.82) is 0 Å². The van der Waals surface area contributed by atoms with E-state index in [2.05, 4.69) is 34.8 Å². The molecule has 5 fully saturated rings. The van der Waals surface area contributed by atoms with Gasteiger partial charge in [-0.3, -0.25) is 38.9 Å². The molecule has 6 amide bonds. The van der Waals surface area contributed by atoms with Gasteiger partial charge in [-0.15, -0.1) is 0 Å². The fraction of sp³-hybridized carbons (Fsp3) is 0.456. The van der Waals surface area contributed by atoms with Gasteiger partial charge < -0.3 is 64.9 Å². The number of aliphatic hydroxyl groups excluding tert-OH is 3. The van der Waals surface area contributed by atoms with Crippen LogP contribution < -0.4 is 25.6 Å². The normalized spacial score (nSPS) is 25.6. The van der Waals surface area contributed by atoms with Crippen LogP contribution in [0.4, 0.5) is 21.4 Å². The van der Waals surface area contributed by atoms with E-state index in [9.17, 15) is 63.9 Å². The quantitative estimate of drug-likeness (QED) is 0.0313. The van der Waals surface area contributed by atoms with E-state index in [0.717, 1.165) is 82.6 Å². The number of carbonyl (C=O) groups is 8. The van der Waals surface area contributed by atoms with Gasteiger partial charge >= 0.3 is 18.0 Å². The summed E-state index contributed by atoms with van der Waals surface area (Å²) in [5, 5.41) is 65.5. The van der Waals surface area contributed by atoms with Gasteiger partial charge in [0.1, 0.15) is 36.5 Å². The van der Waals surface area contributed by atoms with Crippen LogP contribution >= 0.6 is 11.3 Å². The van der Waals surface area contributed by atoms with Crippen molar-refractivity contribution < 1.29 is 82.8 Å². The molecule has 27 nitrogen and oxygen atoms in total. The molecule has 8 N–H and O–H groups in total. The summed E-state index contributed by atoms with van der Waals surface area (Å²) >= 11 is 1.40. The van der Waals surface area contributed by atoms with Crippen LogP contribution in [-0.2, 0) is 64.3 Å². The number of carboxylic acid groups (broad SMARTS) is 2.